The van der Waals surface area contributed by atoms with Crippen LogP contribution in [0.15, 0.2) is 12.1 Å². The topological polar surface area (TPSA) is 64.8 Å². The van der Waals surface area contributed by atoms with Gasteiger partial charge in [-0.05, 0) is 62.3 Å². The molecule has 160 valence electrons. The van der Waals surface area contributed by atoms with Crippen LogP contribution in [0, 0.1) is 5.92 Å². The first kappa shape index (κ1) is 20.8. The van der Waals surface area contributed by atoms with Gasteiger partial charge < -0.3 is 20.1 Å². The molecule has 3 atom stereocenters. The Hall–Kier alpha value is -1.46. The van der Waals surface area contributed by atoms with Gasteiger partial charge in [-0.1, -0.05) is 19.3 Å². The van der Waals surface area contributed by atoms with E-state index in [1.165, 1.54) is 24.0 Å². The minimum absolute atomic E-state index is 0. The number of nitrogens with two attached hydrogens (primary N) is 1. The number of carbonyl (C=O) groups excluding carboxylic acids is 1. The van der Waals surface area contributed by atoms with Crippen molar-refractivity contribution in [2.45, 2.75) is 75.8 Å². The van der Waals surface area contributed by atoms with E-state index < -0.39 is 0 Å². The fraction of sp³-hybridized carbons (Fsp3) is 0.696. The quantitative estimate of drug-likeness (QED) is 0.742. The van der Waals surface area contributed by atoms with Gasteiger partial charge in [0, 0.05) is 23.9 Å². The standard InChI is InChI=1S/C23H32N2O3.ClH/c1-15-18-12-20-21(28-10-9-27-20)13-19(18)23(7-2-3-8-23)14-25(15)22(26)16-5-4-6-17(24)11-16;/h12-13,15-17H,2-11,14,24H2,1H3;1H. The number of benzene rings is 1. The van der Waals surface area contributed by atoms with Crippen molar-refractivity contribution in [3.63, 3.8) is 0 Å². The molecule has 1 amide bonds. The molecule has 0 radical (unpaired) electrons. The first-order chi connectivity index (χ1) is 13.6. The lowest BCUT2D eigenvalue weighted by Gasteiger charge is -2.47. The molecule has 2 heterocycles. The molecular formula is C23H33ClN2O3. The monoisotopic (exact) mass is 420 g/mol. The van der Waals surface area contributed by atoms with Crippen molar-refractivity contribution in [2.75, 3.05) is 19.8 Å². The highest BCUT2D eigenvalue weighted by Crippen LogP contribution is 2.52. The summed E-state index contributed by atoms with van der Waals surface area (Å²) in [4.78, 5) is 15.7. The lowest BCUT2D eigenvalue weighted by atomic mass is 9.71. The summed E-state index contributed by atoms with van der Waals surface area (Å²) in [5.74, 6) is 2.11. The number of ether oxygens (including phenoxy) is 2. The maximum Gasteiger partial charge on any atom is 0.226 e. The summed E-state index contributed by atoms with van der Waals surface area (Å²) in [7, 11) is 0. The number of halogens is 1. The van der Waals surface area contributed by atoms with Gasteiger partial charge in [-0.15, -0.1) is 12.4 Å². The largest absolute Gasteiger partial charge is 0.486 e. The number of hydrogen-bond donors (Lipinski definition) is 1. The molecule has 0 aromatic heterocycles. The van der Waals surface area contributed by atoms with Crippen LogP contribution in [0.5, 0.6) is 11.5 Å². The van der Waals surface area contributed by atoms with Gasteiger partial charge in [-0.2, -0.15) is 0 Å². The molecule has 0 bridgehead atoms. The van der Waals surface area contributed by atoms with Crippen LogP contribution in [0.1, 0.15) is 75.5 Å². The number of hydrogen-bond acceptors (Lipinski definition) is 4. The zero-order valence-electron chi connectivity index (χ0n) is 17.3. The van der Waals surface area contributed by atoms with Crippen LogP contribution in [0.25, 0.3) is 0 Å². The summed E-state index contributed by atoms with van der Waals surface area (Å²) in [6.45, 7) is 4.22. The number of amides is 1. The van der Waals surface area contributed by atoms with E-state index >= 15 is 0 Å². The fourth-order valence-corrected chi connectivity index (χ4v) is 6.06. The van der Waals surface area contributed by atoms with Gasteiger partial charge in [0.25, 0.3) is 0 Å². The second-order valence-corrected chi connectivity index (χ2v) is 9.34. The molecule has 2 saturated carbocycles. The second-order valence-electron chi connectivity index (χ2n) is 9.34. The Morgan fingerprint density at radius 2 is 1.79 bits per heavy atom. The van der Waals surface area contributed by atoms with Gasteiger partial charge in [-0.25, -0.2) is 0 Å². The van der Waals surface area contributed by atoms with Crippen LogP contribution in [0.4, 0.5) is 0 Å². The molecule has 5 rings (SSSR count). The summed E-state index contributed by atoms with van der Waals surface area (Å²) in [6.07, 6.45) is 8.72. The van der Waals surface area contributed by atoms with Crippen molar-refractivity contribution in [1.82, 2.24) is 4.90 Å². The second kappa shape index (κ2) is 7.99. The molecule has 2 aliphatic carbocycles. The van der Waals surface area contributed by atoms with Gasteiger partial charge in [0.1, 0.15) is 13.2 Å². The molecule has 29 heavy (non-hydrogen) atoms. The van der Waals surface area contributed by atoms with Crippen molar-refractivity contribution in [3.8, 4) is 11.5 Å². The maximum absolute atomic E-state index is 13.6. The van der Waals surface area contributed by atoms with Crippen LogP contribution in [0.2, 0.25) is 0 Å². The zero-order chi connectivity index (χ0) is 19.3. The molecule has 6 heteroatoms. The Bertz CT molecular complexity index is 778. The van der Waals surface area contributed by atoms with Gasteiger partial charge in [0.2, 0.25) is 5.91 Å². The molecule has 5 nitrogen and oxygen atoms in total. The van der Waals surface area contributed by atoms with Crippen LogP contribution in [-0.2, 0) is 10.2 Å². The van der Waals surface area contributed by atoms with Gasteiger partial charge in [0.05, 0.1) is 6.04 Å². The normalized spacial score (nSPS) is 29.9. The fourth-order valence-electron chi connectivity index (χ4n) is 6.06. The highest BCUT2D eigenvalue weighted by molar-refractivity contribution is 5.85. The number of rotatable bonds is 1. The lowest BCUT2D eigenvalue weighted by molar-refractivity contribution is -0.140. The van der Waals surface area contributed by atoms with E-state index in [9.17, 15) is 4.79 Å². The van der Waals surface area contributed by atoms with Crippen LogP contribution in [-0.4, -0.2) is 36.6 Å². The number of carbonyl (C=O) groups is 1. The van der Waals surface area contributed by atoms with Crippen LogP contribution >= 0.6 is 12.4 Å². The maximum atomic E-state index is 13.6. The average Bonchev–Trinajstić information content (AvgIpc) is 3.18. The molecule has 2 aliphatic heterocycles. The molecule has 2 N–H and O–H groups in total. The minimum Gasteiger partial charge on any atom is -0.486 e. The van der Waals surface area contributed by atoms with Gasteiger partial charge in [-0.3, -0.25) is 4.79 Å². The number of fused-ring (bicyclic) bond motifs is 3. The average molecular weight is 421 g/mol. The van der Waals surface area contributed by atoms with Crippen LogP contribution < -0.4 is 15.2 Å². The molecule has 1 aromatic carbocycles. The molecule has 4 aliphatic rings. The molecule has 3 unspecified atom stereocenters. The van der Waals surface area contributed by atoms with E-state index in [4.69, 9.17) is 15.2 Å². The Morgan fingerprint density at radius 1 is 1.10 bits per heavy atom. The SMILES string of the molecule is CC1c2cc3c(cc2C2(CCCC2)CN1C(=O)C1CCCC(N)C1)OCCO3.Cl. The molecular weight excluding hydrogens is 388 g/mol. The van der Waals surface area contributed by atoms with E-state index in [2.05, 4.69) is 24.0 Å². The summed E-state index contributed by atoms with van der Waals surface area (Å²) < 4.78 is 11.8. The van der Waals surface area contributed by atoms with Crippen molar-refractivity contribution >= 4 is 18.3 Å². The van der Waals surface area contributed by atoms with Crippen molar-refractivity contribution in [1.29, 1.82) is 0 Å². The summed E-state index contributed by atoms with van der Waals surface area (Å²) in [5.41, 5.74) is 8.92. The Morgan fingerprint density at radius 3 is 2.48 bits per heavy atom. The highest BCUT2D eigenvalue weighted by Gasteiger charge is 2.47. The Labute approximate surface area is 179 Å². The van der Waals surface area contributed by atoms with Crippen molar-refractivity contribution in [2.24, 2.45) is 11.7 Å². The number of nitrogens with zero attached hydrogens (tertiary/aromatic N) is 1. The van der Waals surface area contributed by atoms with Gasteiger partial charge >= 0.3 is 0 Å². The zero-order valence-corrected chi connectivity index (χ0v) is 18.1. The van der Waals surface area contributed by atoms with Crippen LogP contribution in [0.3, 0.4) is 0 Å². The summed E-state index contributed by atoms with van der Waals surface area (Å²) in [6, 6.07) is 4.63. The highest BCUT2D eigenvalue weighted by atomic mass is 35.5. The smallest absolute Gasteiger partial charge is 0.226 e. The predicted octanol–water partition coefficient (Wildman–Crippen LogP) is 4.11. The third-order valence-electron chi connectivity index (χ3n) is 7.58. The Kier molecular flexibility index (Phi) is 5.73. The van der Waals surface area contributed by atoms with Crippen molar-refractivity contribution < 1.29 is 14.3 Å². The minimum atomic E-state index is 0. The van der Waals surface area contributed by atoms with E-state index in [1.807, 2.05) is 0 Å². The predicted molar refractivity (Wildman–Crippen MR) is 115 cm³/mol. The molecule has 2 fully saturated rings. The molecule has 1 aromatic rings. The van der Waals surface area contributed by atoms with Gasteiger partial charge in [0.15, 0.2) is 11.5 Å². The molecule has 0 saturated heterocycles. The molecule has 1 spiro atoms. The summed E-state index contributed by atoms with van der Waals surface area (Å²) >= 11 is 0. The first-order valence-corrected chi connectivity index (χ1v) is 11.1. The Balaban J connectivity index is 0.00000205. The third kappa shape index (κ3) is 3.50. The van der Waals surface area contributed by atoms with E-state index in [-0.39, 0.29) is 35.8 Å². The third-order valence-corrected chi connectivity index (χ3v) is 7.58. The summed E-state index contributed by atoms with van der Waals surface area (Å²) in [5, 5.41) is 0. The lowest BCUT2D eigenvalue weighted by Crippen LogP contribution is -2.51. The van der Waals surface area contributed by atoms with Crippen molar-refractivity contribution in [3.05, 3.63) is 23.3 Å². The first-order valence-electron chi connectivity index (χ1n) is 11.1. The van der Waals surface area contributed by atoms with E-state index in [1.54, 1.807) is 0 Å². The van der Waals surface area contributed by atoms with E-state index in [0.717, 1.165) is 56.6 Å². The van der Waals surface area contributed by atoms with E-state index in [0.29, 0.717) is 19.1 Å².